The summed E-state index contributed by atoms with van der Waals surface area (Å²) < 4.78 is 0. The monoisotopic (exact) mass is 562 g/mol. The molecule has 4 N–H and O–H groups in total. The number of carbonyl (C=O) groups is 4. The van der Waals surface area contributed by atoms with Crippen LogP contribution in [-0.2, 0) is 14.4 Å². The predicted octanol–water partition coefficient (Wildman–Crippen LogP) is 2.17. The Hall–Kier alpha value is -3.92. The lowest BCUT2D eigenvalue weighted by Gasteiger charge is -2.44. The van der Waals surface area contributed by atoms with Crippen LogP contribution in [0.4, 0.5) is 4.79 Å². The molecule has 2 aromatic rings. The molecule has 3 atom stereocenters. The van der Waals surface area contributed by atoms with Gasteiger partial charge in [0.25, 0.3) is 0 Å². The van der Waals surface area contributed by atoms with Crippen LogP contribution in [0.1, 0.15) is 56.7 Å². The van der Waals surface area contributed by atoms with E-state index in [1.165, 1.54) is 0 Å². The van der Waals surface area contributed by atoms with Crippen LogP contribution in [0.15, 0.2) is 60.7 Å². The zero-order chi connectivity index (χ0) is 29.4. The number of fused-ring (bicyclic) bond motifs is 1. The molecule has 2 aliphatic heterocycles. The van der Waals surface area contributed by atoms with Crippen molar-refractivity contribution in [3.63, 3.8) is 0 Å². The van der Waals surface area contributed by atoms with Crippen LogP contribution >= 0.6 is 0 Å². The largest absolute Gasteiger partial charge is 0.343 e. The third-order valence-corrected chi connectivity index (χ3v) is 8.17. The summed E-state index contributed by atoms with van der Waals surface area (Å²) in [5.74, 6) is -0.796. The highest BCUT2D eigenvalue weighted by molar-refractivity contribution is 5.96. The van der Waals surface area contributed by atoms with E-state index in [4.69, 9.17) is 0 Å². The Morgan fingerprint density at radius 1 is 0.976 bits per heavy atom. The molecule has 0 saturated carbocycles. The molecule has 10 heteroatoms. The highest BCUT2D eigenvalue weighted by Crippen LogP contribution is 2.36. The molecule has 2 saturated heterocycles. The molecule has 2 heterocycles. The number of likely N-dealkylation sites (N-methyl/N-ethyl adjacent to an activating group) is 1. The third kappa shape index (κ3) is 6.70. The SMILES string of the molecule is CCCNC(=O)NC1CN(C(=O)[C@@H](C)NC)CC[C@]2(C(=O)NC(c3ccccc3)c3ccccc3)CCCN2C1=O. The summed E-state index contributed by atoms with van der Waals surface area (Å²) in [5, 5.41) is 11.8. The van der Waals surface area contributed by atoms with Crippen molar-refractivity contribution in [2.24, 2.45) is 0 Å². The molecule has 41 heavy (non-hydrogen) atoms. The minimum atomic E-state index is -1.15. The molecule has 220 valence electrons. The number of urea groups is 1. The molecule has 0 aliphatic carbocycles. The van der Waals surface area contributed by atoms with E-state index in [1.807, 2.05) is 67.6 Å². The third-order valence-electron chi connectivity index (χ3n) is 8.17. The minimum absolute atomic E-state index is 0.0358. The molecule has 5 amide bonds. The molecule has 2 aliphatic rings. The Bertz CT molecular complexity index is 1170. The quantitative estimate of drug-likeness (QED) is 0.373. The van der Waals surface area contributed by atoms with Crippen LogP contribution in [0.2, 0.25) is 0 Å². The van der Waals surface area contributed by atoms with Crippen molar-refractivity contribution >= 4 is 23.8 Å². The molecule has 2 fully saturated rings. The summed E-state index contributed by atoms with van der Waals surface area (Å²) in [6, 6.07) is 17.1. The first-order valence-electron chi connectivity index (χ1n) is 14.5. The Kier molecular flexibility index (Phi) is 9.99. The first-order valence-corrected chi connectivity index (χ1v) is 14.5. The van der Waals surface area contributed by atoms with Gasteiger partial charge >= 0.3 is 6.03 Å². The number of hydrogen-bond donors (Lipinski definition) is 4. The summed E-state index contributed by atoms with van der Waals surface area (Å²) in [6.45, 7) is 4.88. The van der Waals surface area contributed by atoms with E-state index in [0.29, 0.717) is 32.4 Å². The van der Waals surface area contributed by atoms with Gasteiger partial charge in [0, 0.05) is 19.6 Å². The Morgan fingerprint density at radius 2 is 1.61 bits per heavy atom. The second-order valence-corrected chi connectivity index (χ2v) is 10.9. The smallest absolute Gasteiger partial charge is 0.315 e. The normalized spacial score (nSPS) is 21.5. The molecule has 10 nitrogen and oxygen atoms in total. The topological polar surface area (TPSA) is 123 Å². The van der Waals surface area contributed by atoms with Gasteiger partial charge in [0.15, 0.2) is 0 Å². The first kappa shape index (κ1) is 30.0. The van der Waals surface area contributed by atoms with E-state index in [2.05, 4.69) is 21.3 Å². The van der Waals surface area contributed by atoms with Gasteiger partial charge in [0.1, 0.15) is 11.6 Å². The molecular formula is C31H42N6O4. The van der Waals surface area contributed by atoms with Gasteiger partial charge in [0.2, 0.25) is 17.7 Å². The van der Waals surface area contributed by atoms with Crippen LogP contribution in [0, 0.1) is 0 Å². The van der Waals surface area contributed by atoms with Gasteiger partial charge < -0.3 is 31.1 Å². The molecule has 4 rings (SSSR count). The van der Waals surface area contributed by atoms with Crippen LogP contribution in [0.25, 0.3) is 0 Å². The van der Waals surface area contributed by atoms with Gasteiger partial charge in [-0.2, -0.15) is 0 Å². The number of nitrogens with one attached hydrogen (secondary N) is 4. The zero-order valence-corrected chi connectivity index (χ0v) is 24.2. The second-order valence-electron chi connectivity index (χ2n) is 10.9. The van der Waals surface area contributed by atoms with E-state index in [1.54, 1.807) is 23.8 Å². The standard InChI is InChI=1S/C31H42N6O4/c1-4-18-33-30(41)34-25-21-36(27(38)22(2)32-3)20-17-31(16-11-19-37(31)28(25)39)29(40)35-26(23-12-7-5-8-13-23)24-14-9-6-10-15-24/h5-10,12-15,22,25-26,32H,4,11,16-21H2,1-3H3,(H,35,40)(H2,33,34,41)/t22-,25?,31+/m1/s1. The average molecular weight is 563 g/mol. The number of carbonyl (C=O) groups excluding carboxylic acids is 4. The van der Waals surface area contributed by atoms with Crippen molar-refractivity contribution in [2.75, 3.05) is 33.2 Å². The van der Waals surface area contributed by atoms with E-state index in [-0.39, 0.29) is 30.8 Å². The Balaban J connectivity index is 1.68. The molecule has 0 aromatic heterocycles. The van der Waals surface area contributed by atoms with E-state index < -0.39 is 29.7 Å². The lowest BCUT2D eigenvalue weighted by molar-refractivity contribution is -0.151. The van der Waals surface area contributed by atoms with Crippen LogP contribution < -0.4 is 21.3 Å². The van der Waals surface area contributed by atoms with E-state index in [0.717, 1.165) is 17.5 Å². The van der Waals surface area contributed by atoms with Gasteiger partial charge in [-0.1, -0.05) is 67.6 Å². The summed E-state index contributed by atoms with van der Waals surface area (Å²) in [7, 11) is 1.70. The van der Waals surface area contributed by atoms with Crippen molar-refractivity contribution in [1.82, 2.24) is 31.1 Å². The maximum Gasteiger partial charge on any atom is 0.315 e. The van der Waals surface area contributed by atoms with Gasteiger partial charge in [-0.05, 0) is 50.8 Å². The van der Waals surface area contributed by atoms with Crippen molar-refractivity contribution in [3.05, 3.63) is 71.8 Å². The summed E-state index contributed by atoms with van der Waals surface area (Å²) >= 11 is 0. The lowest BCUT2D eigenvalue weighted by Crippen LogP contribution is -2.67. The number of amides is 5. The van der Waals surface area contributed by atoms with Crippen LogP contribution in [0.5, 0.6) is 0 Å². The number of hydrogen-bond acceptors (Lipinski definition) is 5. The molecule has 0 spiro atoms. The van der Waals surface area contributed by atoms with Gasteiger partial charge in [0.05, 0.1) is 18.6 Å². The van der Waals surface area contributed by atoms with Crippen molar-refractivity contribution in [1.29, 1.82) is 0 Å². The zero-order valence-electron chi connectivity index (χ0n) is 24.2. The van der Waals surface area contributed by atoms with Crippen LogP contribution in [-0.4, -0.2) is 84.4 Å². The summed E-state index contributed by atoms with van der Waals surface area (Å²) in [6.07, 6.45) is 2.17. The highest BCUT2D eigenvalue weighted by Gasteiger charge is 2.53. The van der Waals surface area contributed by atoms with Crippen LogP contribution in [0.3, 0.4) is 0 Å². The fourth-order valence-corrected chi connectivity index (χ4v) is 5.78. The van der Waals surface area contributed by atoms with E-state index >= 15 is 0 Å². The Labute approximate surface area is 242 Å². The van der Waals surface area contributed by atoms with Crippen molar-refractivity contribution < 1.29 is 19.2 Å². The average Bonchev–Trinajstić information content (AvgIpc) is 3.43. The number of nitrogens with zero attached hydrogens (tertiary/aromatic N) is 2. The Morgan fingerprint density at radius 3 is 2.20 bits per heavy atom. The highest BCUT2D eigenvalue weighted by atomic mass is 16.2. The first-order chi connectivity index (χ1) is 19.8. The molecule has 0 radical (unpaired) electrons. The van der Waals surface area contributed by atoms with Gasteiger partial charge in [-0.25, -0.2) is 4.79 Å². The fourth-order valence-electron chi connectivity index (χ4n) is 5.78. The summed E-state index contributed by atoms with van der Waals surface area (Å²) in [5.41, 5.74) is 0.703. The maximum atomic E-state index is 14.4. The molecular weight excluding hydrogens is 520 g/mol. The van der Waals surface area contributed by atoms with Gasteiger partial charge in [-0.15, -0.1) is 0 Å². The number of benzene rings is 2. The lowest BCUT2D eigenvalue weighted by atomic mass is 9.87. The fraction of sp³-hybridized carbons (Fsp3) is 0.484. The van der Waals surface area contributed by atoms with Gasteiger partial charge in [-0.3, -0.25) is 14.4 Å². The summed E-state index contributed by atoms with van der Waals surface area (Å²) in [4.78, 5) is 57.7. The molecule has 0 bridgehead atoms. The molecule has 1 unspecified atom stereocenters. The number of rotatable bonds is 9. The predicted molar refractivity (Wildman–Crippen MR) is 157 cm³/mol. The molecule has 2 aromatic carbocycles. The minimum Gasteiger partial charge on any atom is -0.343 e. The second kappa shape index (κ2) is 13.6. The van der Waals surface area contributed by atoms with E-state index in [9.17, 15) is 19.2 Å². The van der Waals surface area contributed by atoms with Crippen molar-refractivity contribution in [2.45, 2.75) is 63.2 Å². The maximum absolute atomic E-state index is 14.4. The van der Waals surface area contributed by atoms with Crippen molar-refractivity contribution in [3.8, 4) is 0 Å².